The first kappa shape index (κ1) is 19.8. The summed E-state index contributed by atoms with van der Waals surface area (Å²) in [6.45, 7) is 2.36. The van der Waals surface area contributed by atoms with Crippen molar-refractivity contribution in [2.24, 2.45) is 0 Å². The Hall–Kier alpha value is -2.22. The second kappa shape index (κ2) is 9.82. The van der Waals surface area contributed by atoms with Gasteiger partial charge < -0.3 is 15.0 Å². The Morgan fingerprint density at radius 2 is 1.71 bits per heavy atom. The summed E-state index contributed by atoms with van der Waals surface area (Å²) < 4.78 is 28.3. The Kier molecular flexibility index (Phi) is 8.11. The maximum Gasteiger partial charge on any atom is 0.387 e. The van der Waals surface area contributed by atoms with Crippen molar-refractivity contribution >= 4 is 17.5 Å². The number of carbonyl (C=O) groups is 2. The maximum absolute atomic E-state index is 12.1. The quantitative estimate of drug-likeness (QED) is 0.745. The van der Waals surface area contributed by atoms with Gasteiger partial charge in [-0.15, -0.1) is 0 Å². The van der Waals surface area contributed by atoms with Crippen molar-refractivity contribution in [1.29, 1.82) is 0 Å². The molecule has 6 nitrogen and oxygen atoms in total. The maximum atomic E-state index is 12.1. The number of rotatable bonds is 9. The third-order valence-corrected chi connectivity index (χ3v) is 3.30. The van der Waals surface area contributed by atoms with E-state index in [1.807, 2.05) is 13.8 Å². The van der Waals surface area contributed by atoms with Crippen LogP contribution in [0.25, 0.3) is 0 Å². The number of ether oxygens (including phenoxy) is 1. The molecule has 0 spiro atoms. The lowest BCUT2D eigenvalue weighted by molar-refractivity contribution is -0.132. The number of likely N-dealkylation sites (N-methyl/N-ethyl adjacent to an activating group) is 2. The molecular weight excluding hydrogens is 320 g/mol. The van der Waals surface area contributed by atoms with E-state index in [2.05, 4.69) is 10.1 Å². The van der Waals surface area contributed by atoms with Crippen molar-refractivity contribution in [2.45, 2.75) is 20.5 Å². The summed E-state index contributed by atoms with van der Waals surface area (Å²) >= 11 is 0. The van der Waals surface area contributed by atoms with Crippen LogP contribution in [0.3, 0.4) is 0 Å². The van der Waals surface area contributed by atoms with Crippen LogP contribution in [0.1, 0.15) is 13.8 Å². The van der Waals surface area contributed by atoms with Crippen LogP contribution in [0.15, 0.2) is 24.3 Å². The van der Waals surface area contributed by atoms with Crippen molar-refractivity contribution < 1.29 is 23.1 Å². The van der Waals surface area contributed by atoms with Crippen LogP contribution in [0, 0.1) is 0 Å². The van der Waals surface area contributed by atoms with E-state index >= 15 is 0 Å². The number of nitrogens with zero attached hydrogens (tertiary/aromatic N) is 2. The van der Waals surface area contributed by atoms with Gasteiger partial charge in [0, 0.05) is 18.8 Å². The molecule has 0 fully saturated rings. The van der Waals surface area contributed by atoms with E-state index in [4.69, 9.17) is 0 Å². The average molecular weight is 343 g/mol. The van der Waals surface area contributed by atoms with Gasteiger partial charge in [-0.3, -0.25) is 14.5 Å². The van der Waals surface area contributed by atoms with Gasteiger partial charge in [-0.25, -0.2) is 0 Å². The molecule has 0 aliphatic rings. The molecule has 0 aliphatic heterocycles. The lowest BCUT2D eigenvalue weighted by Gasteiger charge is -2.22. The van der Waals surface area contributed by atoms with Crippen LogP contribution in [0.4, 0.5) is 14.5 Å². The second-order valence-corrected chi connectivity index (χ2v) is 5.19. The monoisotopic (exact) mass is 343 g/mol. The van der Waals surface area contributed by atoms with Crippen molar-refractivity contribution in [3.63, 3.8) is 0 Å². The van der Waals surface area contributed by atoms with Crippen LogP contribution < -0.4 is 10.1 Å². The zero-order valence-electron chi connectivity index (χ0n) is 14.1. The molecule has 0 aromatic heterocycles. The fraction of sp³-hybridized carbons (Fsp3) is 0.500. The van der Waals surface area contributed by atoms with Crippen LogP contribution in [0.2, 0.25) is 0 Å². The fourth-order valence-corrected chi connectivity index (χ4v) is 2.13. The number of anilines is 1. The number of carbonyl (C=O) groups excluding carboxylic acids is 2. The van der Waals surface area contributed by atoms with Crippen molar-refractivity contribution in [1.82, 2.24) is 9.80 Å². The molecule has 0 aliphatic carbocycles. The molecule has 0 heterocycles. The van der Waals surface area contributed by atoms with Gasteiger partial charge in [0.15, 0.2) is 0 Å². The minimum absolute atomic E-state index is 0.0185. The molecule has 1 aromatic carbocycles. The summed E-state index contributed by atoms with van der Waals surface area (Å²) in [5, 5.41) is 2.64. The Labute approximate surface area is 140 Å². The highest BCUT2D eigenvalue weighted by atomic mass is 19.3. The molecule has 0 bridgehead atoms. The van der Waals surface area contributed by atoms with E-state index in [-0.39, 0.29) is 30.7 Å². The number of alkyl halides is 2. The highest BCUT2D eigenvalue weighted by molar-refractivity contribution is 5.92. The summed E-state index contributed by atoms with van der Waals surface area (Å²) in [4.78, 5) is 27.2. The largest absolute Gasteiger partial charge is 0.435 e. The van der Waals surface area contributed by atoms with Crippen LogP contribution >= 0.6 is 0 Å². The van der Waals surface area contributed by atoms with Crippen LogP contribution in [-0.2, 0) is 9.59 Å². The number of halogens is 2. The topological polar surface area (TPSA) is 61.9 Å². The highest BCUT2D eigenvalue weighted by Crippen LogP contribution is 2.17. The Balaban J connectivity index is 2.46. The predicted octanol–water partition coefficient (Wildman–Crippen LogP) is 2.03. The molecule has 24 heavy (non-hydrogen) atoms. The van der Waals surface area contributed by atoms with Crippen LogP contribution in [-0.4, -0.2) is 61.5 Å². The number of nitrogens with one attached hydrogen (secondary N) is 1. The van der Waals surface area contributed by atoms with Gasteiger partial charge in [0.05, 0.1) is 13.1 Å². The molecule has 1 rings (SSSR count). The minimum Gasteiger partial charge on any atom is -0.435 e. The Morgan fingerprint density at radius 1 is 1.12 bits per heavy atom. The smallest absolute Gasteiger partial charge is 0.387 e. The van der Waals surface area contributed by atoms with Gasteiger partial charge in [0.2, 0.25) is 11.8 Å². The Morgan fingerprint density at radius 3 is 2.21 bits per heavy atom. The average Bonchev–Trinajstić information content (AvgIpc) is 2.49. The lowest BCUT2D eigenvalue weighted by atomic mass is 10.3. The summed E-state index contributed by atoms with van der Waals surface area (Å²) in [5.41, 5.74) is 0.463. The van der Waals surface area contributed by atoms with E-state index in [1.165, 1.54) is 24.3 Å². The third kappa shape index (κ3) is 6.91. The van der Waals surface area contributed by atoms with Gasteiger partial charge in [-0.2, -0.15) is 8.78 Å². The van der Waals surface area contributed by atoms with Gasteiger partial charge in [-0.05, 0) is 45.2 Å². The molecule has 0 saturated heterocycles. The molecule has 1 N–H and O–H groups in total. The first-order chi connectivity index (χ1) is 11.3. The lowest BCUT2D eigenvalue weighted by Crippen LogP contribution is -2.41. The third-order valence-electron chi connectivity index (χ3n) is 3.30. The molecule has 2 amide bonds. The molecule has 0 radical (unpaired) electrons. The van der Waals surface area contributed by atoms with Gasteiger partial charge in [-0.1, -0.05) is 0 Å². The molecular formula is C16H23F2N3O3. The summed E-state index contributed by atoms with van der Waals surface area (Å²) in [6.07, 6.45) is 0. The first-order valence-electron chi connectivity index (χ1n) is 7.66. The molecule has 0 atom stereocenters. The summed E-state index contributed by atoms with van der Waals surface area (Å²) in [7, 11) is 1.68. The zero-order chi connectivity index (χ0) is 18.1. The van der Waals surface area contributed by atoms with Gasteiger partial charge in [0.1, 0.15) is 5.75 Å². The highest BCUT2D eigenvalue weighted by Gasteiger charge is 2.14. The molecule has 1 aromatic rings. The Bertz CT molecular complexity index is 534. The zero-order valence-corrected chi connectivity index (χ0v) is 14.1. The van der Waals surface area contributed by atoms with Crippen molar-refractivity contribution in [2.75, 3.05) is 38.5 Å². The fourth-order valence-electron chi connectivity index (χ4n) is 2.13. The number of amides is 2. The number of benzene rings is 1. The van der Waals surface area contributed by atoms with Gasteiger partial charge in [0.25, 0.3) is 0 Å². The number of hydrogen-bond acceptors (Lipinski definition) is 4. The SMILES string of the molecule is CCN(CC)C(=O)CN(C)CC(=O)Nc1ccc(OC(F)F)cc1. The van der Waals surface area contributed by atoms with E-state index in [0.717, 1.165) is 0 Å². The normalized spacial score (nSPS) is 10.8. The summed E-state index contributed by atoms with van der Waals surface area (Å²) in [5.74, 6) is -0.318. The van der Waals surface area contributed by atoms with E-state index in [1.54, 1.807) is 16.8 Å². The molecule has 0 saturated carbocycles. The second-order valence-electron chi connectivity index (χ2n) is 5.19. The van der Waals surface area contributed by atoms with Crippen LogP contribution in [0.5, 0.6) is 5.75 Å². The minimum atomic E-state index is -2.89. The van der Waals surface area contributed by atoms with E-state index < -0.39 is 6.61 Å². The standard InChI is InChI=1S/C16H23F2N3O3/c1-4-21(5-2)15(23)11-20(3)10-14(22)19-12-6-8-13(9-7-12)24-16(17)18/h6-9,16H,4-5,10-11H2,1-3H3,(H,19,22). The molecule has 0 unspecified atom stereocenters. The molecule has 134 valence electrons. The first-order valence-corrected chi connectivity index (χ1v) is 7.66. The van der Waals surface area contributed by atoms with E-state index in [9.17, 15) is 18.4 Å². The van der Waals surface area contributed by atoms with E-state index in [0.29, 0.717) is 18.8 Å². The van der Waals surface area contributed by atoms with Crippen molar-refractivity contribution in [3.05, 3.63) is 24.3 Å². The van der Waals surface area contributed by atoms with Gasteiger partial charge >= 0.3 is 6.61 Å². The van der Waals surface area contributed by atoms with Crippen molar-refractivity contribution in [3.8, 4) is 5.75 Å². The number of hydrogen-bond donors (Lipinski definition) is 1. The molecule has 8 heteroatoms. The summed E-state index contributed by atoms with van der Waals surface area (Å²) in [6, 6.07) is 5.62. The predicted molar refractivity (Wildman–Crippen MR) is 87.1 cm³/mol.